The normalized spacial score (nSPS) is 12.5. The van der Waals surface area contributed by atoms with Crippen LogP contribution < -0.4 is 10.4 Å². The van der Waals surface area contributed by atoms with Crippen molar-refractivity contribution in [3.8, 4) is 54.6 Å². The van der Waals surface area contributed by atoms with Crippen molar-refractivity contribution >= 4 is 11.1 Å². The summed E-state index contributed by atoms with van der Waals surface area (Å²) < 4.78 is 170. The first-order valence-electron chi connectivity index (χ1n) is 13.3. The molecule has 0 saturated carbocycles. The molecule has 0 aliphatic rings. The van der Waals surface area contributed by atoms with Gasteiger partial charge in [-0.25, -0.2) is 0 Å². The Morgan fingerprint density at radius 1 is 0.370 bits per heavy atom. The van der Waals surface area contributed by atoms with E-state index in [9.17, 15) is 100 Å². The van der Waals surface area contributed by atoms with E-state index in [4.69, 9.17) is 0 Å². The lowest BCUT2D eigenvalue weighted by Crippen LogP contribution is -2.28. The van der Waals surface area contributed by atoms with Crippen LogP contribution in [0.5, 0.6) is 0 Å². The first kappa shape index (κ1) is 40.4. The molecule has 264 valence electrons. The number of nitrogens with zero attached hydrogens (tertiary/aromatic N) is 9. The molecule has 0 fully saturated rings. The molecule has 3 rings (SSSR count). The van der Waals surface area contributed by atoms with Crippen LogP contribution in [0.4, 0.5) is 52.7 Å². The molecule has 0 aromatic heterocycles. The van der Waals surface area contributed by atoms with E-state index >= 15 is 0 Å². The molecule has 54 heavy (non-hydrogen) atoms. The van der Waals surface area contributed by atoms with Crippen molar-refractivity contribution < 1.29 is 52.7 Å². The molecule has 0 radical (unpaired) electrons. The second kappa shape index (κ2) is 13.9. The molecule has 3 aromatic carbocycles. The van der Waals surface area contributed by atoms with E-state index in [1.165, 1.54) is 18.2 Å². The lowest BCUT2D eigenvalue weighted by molar-refractivity contribution is -0.145. The summed E-state index contributed by atoms with van der Waals surface area (Å²) in [5.74, 6) is 0. The third-order valence-corrected chi connectivity index (χ3v) is 7.21. The van der Waals surface area contributed by atoms with Gasteiger partial charge in [-0.3, -0.25) is 0 Å². The zero-order valence-electron chi connectivity index (χ0n) is 25.3. The summed E-state index contributed by atoms with van der Waals surface area (Å²) in [6, 6.07) is 8.87. The van der Waals surface area contributed by atoms with E-state index in [-0.39, 0.29) is 18.2 Å². The van der Waals surface area contributed by atoms with Crippen molar-refractivity contribution in [1.29, 1.82) is 47.4 Å². The lowest BCUT2D eigenvalue weighted by Gasteiger charge is -2.20. The van der Waals surface area contributed by atoms with E-state index in [1.54, 1.807) is 0 Å². The number of rotatable bonds is 2. The van der Waals surface area contributed by atoms with Gasteiger partial charge in [-0.1, -0.05) is 0 Å². The minimum absolute atomic E-state index is 0.143. The number of hydrogen-bond donors (Lipinski definition) is 0. The molecule has 3 aromatic rings. The Kier molecular flexibility index (Phi) is 10.4. The first-order valence-corrected chi connectivity index (χ1v) is 13.3. The SMILES string of the molecule is N#C/C(c1cc(C#N)c(C(F)(F)F)c(C#N)c1C(F)(F)F)=c1\cc(C#N)/c(=C(\C#N)c2cc(C#N)c(C(F)(F)F)c(C#N)c2C(F)(F)F)c(C#N)c1C#N. The highest BCUT2D eigenvalue weighted by molar-refractivity contribution is 5.86. The molecule has 0 saturated heterocycles. The van der Waals surface area contributed by atoms with Crippen molar-refractivity contribution in [2.45, 2.75) is 24.7 Å². The van der Waals surface area contributed by atoms with Gasteiger partial charge in [0.05, 0.1) is 90.6 Å². The van der Waals surface area contributed by atoms with Gasteiger partial charge in [-0.05, 0) is 18.2 Å². The van der Waals surface area contributed by atoms with Crippen LogP contribution in [0.15, 0.2) is 18.2 Å². The second-order valence-corrected chi connectivity index (χ2v) is 10.0. The molecular weight excluding hydrogens is 750 g/mol. The van der Waals surface area contributed by atoms with Gasteiger partial charge in [-0.2, -0.15) is 100 Å². The molecule has 0 N–H and O–H groups in total. The van der Waals surface area contributed by atoms with E-state index in [1.807, 2.05) is 0 Å². The quantitative estimate of drug-likeness (QED) is 0.268. The maximum Gasteiger partial charge on any atom is 0.418 e. The Hall–Kier alpha value is -8.03. The molecular formula is C33H3F12N9. The molecule has 0 bridgehead atoms. The Morgan fingerprint density at radius 2 is 0.704 bits per heavy atom. The third kappa shape index (κ3) is 6.71. The summed E-state index contributed by atoms with van der Waals surface area (Å²) >= 11 is 0. The maximum absolute atomic E-state index is 14.4. The Labute approximate surface area is 291 Å². The average Bonchev–Trinajstić information content (AvgIpc) is 3.08. The van der Waals surface area contributed by atoms with Crippen molar-refractivity contribution in [3.63, 3.8) is 0 Å². The van der Waals surface area contributed by atoms with Gasteiger partial charge in [0.1, 0.15) is 36.4 Å². The number of alkyl halides is 12. The van der Waals surface area contributed by atoms with Crippen LogP contribution >= 0.6 is 0 Å². The number of benzene rings is 3. The summed E-state index contributed by atoms with van der Waals surface area (Å²) in [7, 11) is 0. The topological polar surface area (TPSA) is 214 Å². The smallest absolute Gasteiger partial charge is 0.192 e. The van der Waals surface area contributed by atoms with Crippen LogP contribution in [-0.2, 0) is 24.7 Å². The standard InChI is InChI=1S/C33H3F12N9/c34-30(35,36)26-14(5-47)2-17(28(23(26)11-53)32(40,41)42)19(7-49)16-1-13(4-46)25(22(10-52)20(16)8-50)21(9-51)18-3-15(6-48)27(31(37,38)39)24(12-54)29(18)33(43,44)45/h1-3H/b19-16-,25-21-. The van der Waals surface area contributed by atoms with Crippen molar-refractivity contribution in [1.82, 2.24) is 0 Å². The number of halogens is 12. The lowest BCUT2D eigenvalue weighted by atomic mass is 9.84. The fourth-order valence-corrected chi connectivity index (χ4v) is 5.31. The highest BCUT2D eigenvalue weighted by Crippen LogP contribution is 2.46. The molecule has 0 aliphatic carbocycles. The van der Waals surface area contributed by atoms with Gasteiger partial charge >= 0.3 is 24.7 Å². The van der Waals surface area contributed by atoms with E-state index in [0.29, 0.717) is 12.1 Å². The van der Waals surface area contributed by atoms with Crippen LogP contribution in [0.1, 0.15) is 72.3 Å². The molecule has 9 nitrogen and oxygen atoms in total. The first-order chi connectivity index (χ1) is 25.0. The molecule has 0 heterocycles. The van der Waals surface area contributed by atoms with Gasteiger partial charge in [0, 0.05) is 21.6 Å². The van der Waals surface area contributed by atoms with Crippen molar-refractivity contribution in [3.05, 3.63) is 101 Å². The van der Waals surface area contributed by atoms with Gasteiger partial charge in [-0.15, -0.1) is 0 Å². The molecule has 21 heteroatoms. The minimum atomic E-state index is -5.97. The van der Waals surface area contributed by atoms with Crippen LogP contribution in [0.2, 0.25) is 0 Å². The molecule has 0 amide bonds. The van der Waals surface area contributed by atoms with Crippen LogP contribution in [-0.4, -0.2) is 0 Å². The second-order valence-electron chi connectivity index (χ2n) is 10.0. The van der Waals surface area contributed by atoms with Gasteiger partial charge in [0.25, 0.3) is 0 Å². The monoisotopic (exact) mass is 753 g/mol. The summed E-state index contributed by atoms with van der Waals surface area (Å²) in [5.41, 5.74) is -28.2. The van der Waals surface area contributed by atoms with Crippen LogP contribution in [0.3, 0.4) is 0 Å². The zero-order valence-corrected chi connectivity index (χ0v) is 25.3. The van der Waals surface area contributed by atoms with E-state index < -0.39 is 119 Å². The van der Waals surface area contributed by atoms with Crippen molar-refractivity contribution in [2.24, 2.45) is 0 Å². The predicted octanol–water partition coefficient (Wildman–Crippen LogP) is 6.31. The van der Waals surface area contributed by atoms with E-state index in [0.717, 1.165) is 24.3 Å². The largest absolute Gasteiger partial charge is 0.418 e. The Morgan fingerprint density at radius 3 is 0.981 bits per heavy atom. The average molecular weight is 753 g/mol. The minimum Gasteiger partial charge on any atom is -0.192 e. The highest BCUT2D eigenvalue weighted by atomic mass is 19.4. The number of nitriles is 9. The third-order valence-electron chi connectivity index (χ3n) is 7.21. The summed E-state index contributed by atoms with van der Waals surface area (Å²) in [6.45, 7) is 0. The summed E-state index contributed by atoms with van der Waals surface area (Å²) in [5, 5.41) is 85.1. The molecule has 0 spiro atoms. The fourth-order valence-electron chi connectivity index (χ4n) is 5.31. The van der Waals surface area contributed by atoms with Crippen molar-refractivity contribution in [2.75, 3.05) is 0 Å². The van der Waals surface area contributed by atoms with Crippen LogP contribution in [0, 0.1) is 102 Å². The maximum atomic E-state index is 14.4. The Balaban J connectivity index is 2.94. The highest BCUT2D eigenvalue weighted by Gasteiger charge is 2.47. The summed E-state index contributed by atoms with van der Waals surface area (Å²) in [6.07, 6.45) is -23.5. The predicted molar refractivity (Wildman–Crippen MR) is 148 cm³/mol. The molecule has 0 atom stereocenters. The molecule has 0 unspecified atom stereocenters. The van der Waals surface area contributed by atoms with Gasteiger partial charge in [0.2, 0.25) is 0 Å². The van der Waals surface area contributed by atoms with E-state index in [2.05, 4.69) is 0 Å². The van der Waals surface area contributed by atoms with Gasteiger partial charge in [0.15, 0.2) is 0 Å². The van der Waals surface area contributed by atoms with Crippen LogP contribution in [0.25, 0.3) is 11.1 Å². The summed E-state index contributed by atoms with van der Waals surface area (Å²) in [4.78, 5) is 0. The molecule has 0 aliphatic heterocycles. The number of hydrogen-bond acceptors (Lipinski definition) is 9. The van der Waals surface area contributed by atoms with Gasteiger partial charge < -0.3 is 0 Å². The Bertz CT molecular complexity index is 2710. The zero-order chi connectivity index (χ0) is 41.3. The fraction of sp³-hybridized carbons (Fsp3) is 0.121.